The van der Waals surface area contributed by atoms with E-state index in [1.54, 1.807) is 72.7 Å². The number of nitrogens with zero attached hydrogens (tertiary/aromatic N) is 2. The topological polar surface area (TPSA) is 78.5 Å². The predicted molar refractivity (Wildman–Crippen MR) is 122 cm³/mol. The van der Waals surface area contributed by atoms with E-state index in [2.05, 4.69) is 10.4 Å². The number of halogens is 2. The lowest BCUT2D eigenvalue weighted by Gasteiger charge is -2.05. The van der Waals surface area contributed by atoms with Crippen molar-refractivity contribution < 1.29 is 18.7 Å². The molecule has 1 N–H and O–H groups in total. The molecule has 0 radical (unpaired) electrons. The van der Waals surface area contributed by atoms with Crippen LogP contribution in [0.4, 0.5) is 5.69 Å². The number of anilines is 1. The molecular formula is C23H19Cl2N3O4. The number of ether oxygens (including phenoxy) is 2. The normalized spacial score (nSPS) is 10.7. The Morgan fingerprint density at radius 3 is 2.59 bits per heavy atom. The zero-order chi connectivity index (χ0) is 22.5. The van der Waals surface area contributed by atoms with Crippen LogP contribution < -0.4 is 14.8 Å². The lowest BCUT2D eigenvalue weighted by Crippen LogP contribution is -2.10. The van der Waals surface area contributed by atoms with E-state index in [4.69, 9.17) is 37.1 Å². The second kappa shape index (κ2) is 9.80. The molecule has 0 aliphatic carbocycles. The average Bonchev–Trinajstić information content (AvgIpc) is 3.45. The maximum Gasteiger partial charge on any atom is 0.291 e. The minimum atomic E-state index is -0.380. The first-order valence-electron chi connectivity index (χ1n) is 9.63. The monoisotopic (exact) mass is 471 g/mol. The largest absolute Gasteiger partial charge is 0.497 e. The van der Waals surface area contributed by atoms with E-state index >= 15 is 0 Å². The summed E-state index contributed by atoms with van der Waals surface area (Å²) in [5.74, 6) is 1.74. The number of hydrogen-bond donors (Lipinski definition) is 1. The van der Waals surface area contributed by atoms with Crippen LogP contribution in [0.2, 0.25) is 10.0 Å². The van der Waals surface area contributed by atoms with Crippen LogP contribution in [-0.4, -0.2) is 22.8 Å². The van der Waals surface area contributed by atoms with Crippen molar-refractivity contribution in [1.82, 2.24) is 9.78 Å². The molecule has 2 heterocycles. The zero-order valence-corrected chi connectivity index (χ0v) is 18.6. The van der Waals surface area contributed by atoms with Gasteiger partial charge in [0.2, 0.25) is 0 Å². The second-order valence-electron chi connectivity index (χ2n) is 6.86. The molecule has 164 valence electrons. The molecular weight excluding hydrogens is 453 g/mol. The number of furan rings is 1. The van der Waals surface area contributed by atoms with Gasteiger partial charge in [-0.15, -0.1) is 0 Å². The minimum absolute atomic E-state index is 0.176. The number of aromatic nitrogens is 2. The number of benzene rings is 2. The Labute approximate surface area is 194 Å². The summed E-state index contributed by atoms with van der Waals surface area (Å²) in [5.41, 5.74) is 1.48. The fourth-order valence-electron chi connectivity index (χ4n) is 2.94. The van der Waals surface area contributed by atoms with Gasteiger partial charge in [-0.3, -0.25) is 9.48 Å². The summed E-state index contributed by atoms with van der Waals surface area (Å²) in [6.45, 7) is 0.682. The third kappa shape index (κ3) is 5.43. The van der Waals surface area contributed by atoms with Gasteiger partial charge in [0, 0.05) is 6.20 Å². The maximum atomic E-state index is 12.5. The molecule has 4 aromatic rings. The van der Waals surface area contributed by atoms with Crippen molar-refractivity contribution in [2.75, 3.05) is 12.4 Å². The van der Waals surface area contributed by atoms with Crippen molar-refractivity contribution >= 4 is 34.8 Å². The van der Waals surface area contributed by atoms with E-state index in [-0.39, 0.29) is 18.3 Å². The van der Waals surface area contributed by atoms with E-state index in [1.165, 1.54) is 0 Å². The van der Waals surface area contributed by atoms with Gasteiger partial charge < -0.3 is 19.2 Å². The number of carbonyl (C=O) groups excluding carboxylic acids is 1. The highest BCUT2D eigenvalue weighted by atomic mass is 35.5. The molecule has 0 saturated carbocycles. The molecule has 7 nitrogen and oxygen atoms in total. The summed E-state index contributed by atoms with van der Waals surface area (Å²) in [4.78, 5) is 12.5. The van der Waals surface area contributed by atoms with Crippen LogP contribution in [-0.2, 0) is 13.2 Å². The quantitative estimate of drug-likeness (QED) is 0.358. The third-order valence-electron chi connectivity index (χ3n) is 4.55. The highest BCUT2D eigenvalue weighted by molar-refractivity contribution is 6.42. The summed E-state index contributed by atoms with van der Waals surface area (Å²) in [6.07, 6.45) is 3.28. The van der Waals surface area contributed by atoms with E-state index < -0.39 is 0 Å². The Kier molecular flexibility index (Phi) is 6.68. The Morgan fingerprint density at radius 2 is 1.84 bits per heavy atom. The van der Waals surface area contributed by atoms with Gasteiger partial charge in [-0.25, -0.2) is 0 Å². The Morgan fingerprint density at radius 1 is 1.06 bits per heavy atom. The third-order valence-corrected chi connectivity index (χ3v) is 5.28. The number of hydrogen-bond acceptors (Lipinski definition) is 5. The lowest BCUT2D eigenvalue weighted by atomic mass is 10.2. The molecule has 0 unspecified atom stereocenters. The summed E-state index contributed by atoms with van der Waals surface area (Å²) < 4.78 is 18.1. The Balaban J connectivity index is 1.32. The van der Waals surface area contributed by atoms with Crippen molar-refractivity contribution in [3.8, 4) is 11.5 Å². The first-order chi connectivity index (χ1) is 15.5. The Bertz CT molecular complexity index is 1220. The van der Waals surface area contributed by atoms with Crippen molar-refractivity contribution in [2.24, 2.45) is 0 Å². The first kappa shape index (κ1) is 21.8. The smallest absolute Gasteiger partial charge is 0.291 e. The van der Waals surface area contributed by atoms with Gasteiger partial charge in [0.25, 0.3) is 5.91 Å². The molecule has 1 amide bonds. The standard InChI is InChI=1S/C23H19Cl2N3O4/c1-30-17-3-5-18(6-4-17)31-14-19-7-9-22(32-19)23(29)27-16-11-26-28(13-16)12-15-2-8-20(24)21(25)10-15/h2-11,13H,12,14H2,1H3,(H,27,29). The van der Waals surface area contributed by atoms with Crippen LogP contribution in [0.5, 0.6) is 11.5 Å². The van der Waals surface area contributed by atoms with Crippen LogP contribution in [0.25, 0.3) is 0 Å². The van der Waals surface area contributed by atoms with E-state index in [0.29, 0.717) is 33.8 Å². The number of carbonyl (C=O) groups is 1. The summed E-state index contributed by atoms with van der Waals surface area (Å²) in [7, 11) is 1.60. The average molecular weight is 472 g/mol. The fourth-order valence-corrected chi connectivity index (χ4v) is 3.26. The summed E-state index contributed by atoms with van der Waals surface area (Å²) >= 11 is 12.0. The van der Waals surface area contributed by atoms with Gasteiger partial charge in [0.15, 0.2) is 5.76 Å². The van der Waals surface area contributed by atoms with Gasteiger partial charge in [0.1, 0.15) is 23.9 Å². The number of rotatable bonds is 8. The van der Waals surface area contributed by atoms with Gasteiger partial charge in [-0.1, -0.05) is 29.3 Å². The fraction of sp³-hybridized carbons (Fsp3) is 0.130. The highest BCUT2D eigenvalue weighted by Gasteiger charge is 2.13. The molecule has 0 fully saturated rings. The number of amides is 1. The molecule has 4 rings (SSSR count). The first-order valence-corrected chi connectivity index (χ1v) is 10.4. The van der Waals surface area contributed by atoms with Crippen LogP contribution in [0.15, 0.2) is 71.4 Å². The molecule has 0 aliphatic rings. The molecule has 32 heavy (non-hydrogen) atoms. The summed E-state index contributed by atoms with van der Waals surface area (Å²) in [5, 5.41) is 8.00. The second-order valence-corrected chi connectivity index (χ2v) is 7.67. The zero-order valence-electron chi connectivity index (χ0n) is 17.0. The lowest BCUT2D eigenvalue weighted by molar-refractivity contribution is 0.0992. The molecule has 0 aliphatic heterocycles. The van der Waals surface area contributed by atoms with Gasteiger partial charge >= 0.3 is 0 Å². The highest BCUT2D eigenvalue weighted by Crippen LogP contribution is 2.23. The molecule has 9 heteroatoms. The van der Waals surface area contributed by atoms with Crippen LogP contribution in [0.3, 0.4) is 0 Å². The van der Waals surface area contributed by atoms with E-state index in [9.17, 15) is 4.79 Å². The van der Waals surface area contributed by atoms with Crippen molar-refractivity contribution in [1.29, 1.82) is 0 Å². The van der Waals surface area contributed by atoms with Crippen LogP contribution in [0.1, 0.15) is 21.9 Å². The van der Waals surface area contributed by atoms with Crippen LogP contribution >= 0.6 is 23.2 Å². The maximum absolute atomic E-state index is 12.5. The van der Waals surface area contributed by atoms with Crippen molar-refractivity contribution in [3.63, 3.8) is 0 Å². The predicted octanol–water partition coefficient (Wildman–Crippen LogP) is 5.67. The molecule has 2 aromatic carbocycles. The number of nitrogens with one attached hydrogen (secondary N) is 1. The molecule has 0 saturated heterocycles. The minimum Gasteiger partial charge on any atom is -0.497 e. The van der Waals surface area contributed by atoms with Crippen molar-refractivity contribution in [2.45, 2.75) is 13.2 Å². The molecule has 0 atom stereocenters. The van der Waals surface area contributed by atoms with E-state index in [1.807, 2.05) is 6.07 Å². The molecule has 0 bridgehead atoms. The van der Waals surface area contributed by atoms with Gasteiger partial charge in [0.05, 0.1) is 35.6 Å². The Hall–Kier alpha value is -3.42. The molecule has 2 aromatic heterocycles. The SMILES string of the molecule is COc1ccc(OCc2ccc(C(=O)Nc3cnn(Cc4ccc(Cl)c(Cl)c4)c3)o2)cc1. The van der Waals surface area contributed by atoms with Crippen molar-refractivity contribution in [3.05, 3.63) is 94.1 Å². The number of methoxy groups -OCH3 is 1. The van der Waals surface area contributed by atoms with E-state index in [0.717, 1.165) is 11.3 Å². The summed E-state index contributed by atoms with van der Waals surface area (Å²) in [6, 6.07) is 15.9. The van der Waals surface area contributed by atoms with Gasteiger partial charge in [-0.05, 0) is 54.1 Å². The molecule has 0 spiro atoms. The van der Waals surface area contributed by atoms with Gasteiger partial charge in [-0.2, -0.15) is 5.10 Å². The van der Waals surface area contributed by atoms with Crippen LogP contribution in [0, 0.1) is 0 Å².